The van der Waals surface area contributed by atoms with Crippen molar-refractivity contribution in [2.75, 3.05) is 0 Å². The molecule has 0 aliphatic carbocycles. The van der Waals surface area contributed by atoms with Crippen LogP contribution in [0.1, 0.15) is 5.56 Å². The van der Waals surface area contributed by atoms with Gasteiger partial charge in [0.15, 0.2) is 11.3 Å². The van der Waals surface area contributed by atoms with E-state index in [0.29, 0.717) is 11.3 Å². The van der Waals surface area contributed by atoms with Crippen molar-refractivity contribution in [2.24, 2.45) is 0 Å². The Morgan fingerprint density at radius 2 is 1.47 bits per heavy atom. The number of fused-ring (bicyclic) bond motifs is 10. The summed E-state index contributed by atoms with van der Waals surface area (Å²) in [5.41, 5.74) is 9.63. The molecule has 6 nitrogen and oxygen atoms in total. The monoisotopic (exact) mass is 549 g/mol. The SMILES string of the molecule is [C-]#[N+]c1ccc2c(c1)c1cc(C#N)ccc1n2-c1cccc(-n2c3ccccc3c3ccc4oc5cccnc5c4c32)c1. The van der Waals surface area contributed by atoms with Gasteiger partial charge in [0.05, 0.1) is 45.7 Å². The summed E-state index contributed by atoms with van der Waals surface area (Å²) in [4.78, 5) is 8.38. The van der Waals surface area contributed by atoms with E-state index in [4.69, 9.17) is 16.0 Å². The van der Waals surface area contributed by atoms with Crippen LogP contribution < -0.4 is 0 Å². The summed E-state index contributed by atoms with van der Waals surface area (Å²) in [6, 6.07) is 38.7. The molecule has 198 valence electrons. The van der Waals surface area contributed by atoms with E-state index in [1.807, 2.05) is 60.8 Å². The Kier molecular flexibility index (Phi) is 4.65. The second kappa shape index (κ2) is 8.57. The largest absolute Gasteiger partial charge is 0.454 e. The number of aromatic nitrogens is 3. The summed E-state index contributed by atoms with van der Waals surface area (Å²) < 4.78 is 10.8. The van der Waals surface area contributed by atoms with E-state index in [1.165, 1.54) is 0 Å². The summed E-state index contributed by atoms with van der Waals surface area (Å²) in [5, 5.41) is 14.8. The number of rotatable bonds is 2. The quantitative estimate of drug-likeness (QED) is 0.202. The molecule has 9 aromatic rings. The van der Waals surface area contributed by atoms with Gasteiger partial charge in [0.25, 0.3) is 0 Å². The zero-order valence-electron chi connectivity index (χ0n) is 22.6. The lowest BCUT2D eigenvalue weighted by molar-refractivity contribution is 0.668. The molecule has 0 unspecified atom stereocenters. The Morgan fingerprint density at radius 3 is 2.33 bits per heavy atom. The first-order valence-electron chi connectivity index (χ1n) is 13.9. The Morgan fingerprint density at radius 1 is 0.674 bits per heavy atom. The van der Waals surface area contributed by atoms with E-state index in [-0.39, 0.29) is 0 Å². The third kappa shape index (κ3) is 3.18. The number of nitrogens with zero attached hydrogens (tertiary/aromatic N) is 5. The minimum absolute atomic E-state index is 0.568. The van der Waals surface area contributed by atoms with Gasteiger partial charge in [-0.05, 0) is 84.2 Å². The third-order valence-electron chi connectivity index (χ3n) is 8.38. The van der Waals surface area contributed by atoms with Crippen molar-refractivity contribution in [1.29, 1.82) is 5.26 Å². The number of benzene rings is 5. The van der Waals surface area contributed by atoms with Crippen LogP contribution in [0.5, 0.6) is 0 Å². The standard InChI is InChI=1S/C37H19N5O/c1-39-23-12-15-32-29(19-23)28-18-22(21-38)11-14-31(28)41(32)24-6-4-7-25(20-24)42-30-9-3-2-8-26(30)27-13-16-33-35(37(27)42)36-34(43-33)10-5-17-40-36/h2-20H. The first-order valence-corrected chi connectivity index (χ1v) is 13.9. The highest BCUT2D eigenvalue weighted by Crippen LogP contribution is 2.41. The number of furan rings is 1. The molecule has 0 aliphatic rings. The van der Waals surface area contributed by atoms with Crippen LogP contribution in [0.3, 0.4) is 0 Å². The smallest absolute Gasteiger partial charge is 0.188 e. The molecule has 0 saturated heterocycles. The summed E-state index contributed by atoms with van der Waals surface area (Å²) in [7, 11) is 0. The maximum absolute atomic E-state index is 9.62. The molecule has 0 atom stereocenters. The van der Waals surface area contributed by atoms with Crippen molar-refractivity contribution in [2.45, 2.75) is 0 Å². The normalized spacial score (nSPS) is 11.7. The van der Waals surface area contributed by atoms with Gasteiger partial charge in [-0.3, -0.25) is 4.98 Å². The Hall–Kier alpha value is -6.37. The number of hydrogen-bond donors (Lipinski definition) is 0. The number of hydrogen-bond acceptors (Lipinski definition) is 3. The summed E-state index contributed by atoms with van der Waals surface area (Å²) in [6.07, 6.45) is 1.81. The molecule has 0 saturated carbocycles. The van der Waals surface area contributed by atoms with Crippen molar-refractivity contribution in [3.05, 3.63) is 132 Å². The third-order valence-corrected chi connectivity index (χ3v) is 8.38. The van der Waals surface area contributed by atoms with Crippen molar-refractivity contribution < 1.29 is 4.42 Å². The molecule has 0 bridgehead atoms. The first-order chi connectivity index (χ1) is 21.2. The fraction of sp³-hybridized carbons (Fsp3) is 0. The lowest BCUT2D eigenvalue weighted by Gasteiger charge is -2.13. The van der Waals surface area contributed by atoms with Crippen molar-refractivity contribution >= 4 is 71.4 Å². The molecule has 0 amide bonds. The van der Waals surface area contributed by atoms with Crippen LogP contribution in [0.4, 0.5) is 5.69 Å². The number of para-hydroxylation sites is 1. The lowest BCUT2D eigenvalue weighted by atomic mass is 10.1. The molecule has 0 aliphatic heterocycles. The minimum Gasteiger partial charge on any atom is -0.454 e. The second-order valence-electron chi connectivity index (χ2n) is 10.7. The topological polar surface area (TPSA) is 64.0 Å². The second-order valence-corrected chi connectivity index (χ2v) is 10.7. The Balaban J connectivity index is 1.39. The van der Waals surface area contributed by atoms with Gasteiger partial charge in [0.2, 0.25) is 0 Å². The van der Waals surface area contributed by atoms with E-state index < -0.39 is 0 Å². The van der Waals surface area contributed by atoms with Crippen LogP contribution in [0.15, 0.2) is 120 Å². The van der Waals surface area contributed by atoms with Gasteiger partial charge < -0.3 is 13.6 Å². The van der Waals surface area contributed by atoms with Crippen molar-refractivity contribution in [3.8, 4) is 17.4 Å². The molecule has 43 heavy (non-hydrogen) atoms. The van der Waals surface area contributed by atoms with Crippen LogP contribution in [-0.4, -0.2) is 14.1 Å². The summed E-state index contributed by atoms with van der Waals surface area (Å²) in [5.74, 6) is 0. The van der Waals surface area contributed by atoms with E-state index in [9.17, 15) is 5.26 Å². The summed E-state index contributed by atoms with van der Waals surface area (Å²) in [6.45, 7) is 7.56. The Bertz CT molecular complexity index is 2640. The number of pyridine rings is 1. The van der Waals surface area contributed by atoms with E-state index in [1.54, 1.807) is 0 Å². The zero-order valence-corrected chi connectivity index (χ0v) is 22.6. The predicted octanol–water partition coefficient (Wildman–Crippen LogP) is 9.60. The zero-order chi connectivity index (χ0) is 28.7. The van der Waals surface area contributed by atoms with Gasteiger partial charge in [-0.15, -0.1) is 0 Å². The van der Waals surface area contributed by atoms with Gasteiger partial charge in [0, 0.05) is 33.7 Å². The average Bonchev–Trinajstić information content (AvgIpc) is 3.71. The molecule has 0 radical (unpaired) electrons. The van der Waals surface area contributed by atoms with Crippen LogP contribution >= 0.6 is 0 Å². The van der Waals surface area contributed by atoms with Crippen LogP contribution in [0.25, 0.3) is 81.9 Å². The average molecular weight is 550 g/mol. The van der Waals surface area contributed by atoms with Crippen molar-refractivity contribution in [1.82, 2.24) is 14.1 Å². The highest BCUT2D eigenvalue weighted by molar-refractivity contribution is 6.23. The van der Waals surface area contributed by atoms with Crippen LogP contribution in [-0.2, 0) is 0 Å². The number of nitriles is 1. The van der Waals surface area contributed by atoms with Gasteiger partial charge >= 0.3 is 0 Å². The molecule has 0 spiro atoms. The maximum atomic E-state index is 9.62. The molecule has 6 heteroatoms. The van der Waals surface area contributed by atoms with Gasteiger partial charge in [-0.25, -0.2) is 4.85 Å². The maximum Gasteiger partial charge on any atom is 0.188 e. The van der Waals surface area contributed by atoms with E-state index in [0.717, 1.165) is 77.1 Å². The molecule has 5 aromatic carbocycles. The molecule has 0 N–H and O–H groups in total. The fourth-order valence-corrected chi connectivity index (χ4v) is 6.60. The van der Waals surface area contributed by atoms with Gasteiger partial charge in [0.1, 0.15) is 11.1 Å². The van der Waals surface area contributed by atoms with Crippen LogP contribution in [0.2, 0.25) is 0 Å². The predicted molar refractivity (Wildman–Crippen MR) is 171 cm³/mol. The highest BCUT2D eigenvalue weighted by Gasteiger charge is 2.20. The molecular formula is C37H19N5O. The molecule has 0 fully saturated rings. The van der Waals surface area contributed by atoms with E-state index >= 15 is 0 Å². The van der Waals surface area contributed by atoms with Crippen molar-refractivity contribution in [3.63, 3.8) is 0 Å². The molecule has 9 rings (SSSR count). The van der Waals surface area contributed by atoms with Gasteiger partial charge in [-0.1, -0.05) is 30.3 Å². The minimum atomic E-state index is 0.568. The first kappa shape index (κ1) is 23.3. The molecular weight excluding hydrogens is 530 g/mol. The van der Waals surface area contributed by atoms with Crippen LogP contribution in [0, 0.1) is 17.9 Å². The lowest BCUT2D eigenvalue weighted by Crippen LogP contribution is -1.98. The van der Waals surface area contributed by atoms with Gasteiger partial charge in [-0.2, -0.15) is 5.26 Å². The Labute approximate surface area is 244 Å². The molecule has 4 heterocycles. The highest BCUT2D eigenvalue weighted by atomic mass is 16.3. The van der Waals surface area contributed by atoms with E-state index in [2.05, 4.69) is 74.6 Å². The molecule has 4 aromatic heterocycles. The summed E-state index contributed by atoms with van der Waals surface area (Å²) >= 11 is 0. The fourth-order valence-electron chi connectivity index (χ4n) is 6.60.